The molecule has 1 aliphatic heterocycles. The number of nitrogens with two attached hydrogens (primary N) is 1. The highest BCUT2D eigenvalue weighted by atomic mass is 35.5. The SMILES string of the molecule is CCCCNC(=O)c1ccc2c(c1)N(Cc1ccc(C(C)(C)C)cc1)C(=O)[C@@H](N)CS2.Cl. The van der Waals surface area contributed by atoms with Gasteiger partial charge in [-0.05, 0) is 41.2 Å². The molecule has 1 aliphatic rings. The fourth-order valence-corrected chi connectivity index (χ4v) is 4.48. The Morgan fingerprint density at radius 3 is 2.50 bits per heavy atom. The Morgan fingerprint density at radius 2 is 1.88 bits per heavy atom. The Bertz CT molecular complexity index is 941. The Balaban J connectivity index is 0.00000363. The summed E-state index contributed by atoms with van der Waals surface area (Å²) in [5.41, 5.74) is 9.84. The maximum atomic E-state index is 13.1. The standard InChI is InChI=1S/C25H33N3O2S.ClH/c1-5-6-13-27-23(29)18-9-12-22-21(14-18)28(24(30)20(26)16-31-22)15-17-7-10-19(11-8-17)25(2,3)4;/h7-12,14,20H,5-6,13,15-16,26H2,1-4H3,(H,27,29);1H/t20-;/m0./s1. The fourth-order valence-electron chi connectivity index (χ4n) is 3.50. The van der Waals surface area contributed by atoms with Gasteiger partial charge in [-0.1, -0.05) is 58.4 Å². The van der Waals surface area contributed by atoms with Crippen LogP contribution in [-0.2, 0) is 16.8 Å². The van der Waals surface area contributed by atoms with E-state index in [4.69, 9.17) is 5.73 Å². The van der Waals surface area contributed by atoms with Crippen LogP contribution in [-0.4, -0.2) is 30.2 Å². The smallest absolute Gasteiger partial charge is 0.251 e. The molecule has 0 aromatic heterocycles. The van der Waals surface area contributed by atoms with Crippen LogP contribution >= 0.6 is 24.2 Å². The highest BCUT2D eigenvalue weighted by Gasteiger charge is 2.29. The lowest BCUT2D eigenvalue weighted by Gasteiger charge is -2.25. The molecule has 0 fully saturated rings. The average Bonchev–Trinajstić information content (AvgIpc) is 2.85. The molecule has 5 nitrogen and oxygen atoms in total. The largest absolute Gasteiger partial charge is 0.352 e. The van der Waals surface area contributed by atoms with Crippen LogP contribution in [0, 0.1) is 0 Å². The van der Waals surface area contributed by atoms with Crippen LogP contribution in [0.3, 0.4) is 0 Å². The molecule has 1 heterocycles. The van der Waals surface area contributed by atoms with E-state index in [2.05, 4.69) is 57.3 Å². The van der Waals surface area contributed by atoms with Gasteiger partial charge in [0, 0.05) is 22.8 Å². The van der Waals surface area contributed by atoms with Crippen molar-refractivity contribution in [2.75, 3.05) is 17.2 Å². The predicted molar refractivity (Wildman–Crippen MR) is 136 cm³/mol. The molecule has 0 bridgehead atoms. The van der Waals surface area contributed by atoms with Crippen molar-refractivity contribution in [1.29, 1.82) is 0 Å². The van der Waals surface area contributed by atoms with Crippen LogP contribution in [0.25, 0.3) is 0 Å². The monoisotopic (exact) mass is 475 g/mol. The van der Waals surface area contributed by atoms with Crippen LogP contribution in [0.15, 0.2) is 47.4 Å². The van der Waals surface area contributed by atoms with Crippen molar-refractivity contribution in [2.24, 2.45) is 5.73 Å². The van der Waals surface area contributed by atoms with Crippen LogP contribution < -0.4 is 16.0 Å². The lowest BCUT2D eigenvalue weighted by molar-refractivity contribution is -0.119. The molecule has 32 heavy (non-hydrogen) atoms. The first-order chi connectivity index (χ1) is 14.7. The van der Waals surface area contributed by atoms with E-state index >= 15 is 0 Å². The predicted octanol–water partition coefficient (Wildman–Crippen LogP) is 4.90. The lowest BCUT2D eigenvalue weighted by Crippen LogP contribution is -2.44. The van der Waals surface area contributed by atoms with Gasteiger partial charge in [0.15, 0.2) is 0 Å². The zero-order valence-electron chi connectivity index (χ0n) is 19.3. The average molecular weight is 476 g/mol. The summed E-state index contributed by atoms with van der Waals surface area (Å²) in [7, 11) is 0. The summed E-state index contributed by atoms with van der Waals surface area (Å²) in [5.74, 6) is 0.291. The maximum Gasteiger partial charge on any atom is 0.251 e. The topological polar surface area (TPSA) is 75.4 Å². The molecular weight excluding hydrogens is 442 g/mol. The number of benzene rings is 2. The van der Waals surface area contributed by atoms with Crippen LogP contribution in [0.5, 0.6) is 0 Å². The Kier molecular flexibility index (Phi) is 9.19. The molecule has 2 aromatic rings. The number of thioether (sulfide) groups is 1. The molecular formula is C25H34ClN3O2S. The summed E-state index contributed by atoms with van der Waals surface area (Å²) < 4.78 is 0. The Hall–Kier alpha value is -2.02. The van der Waals surface area contributed by atoms with Crippen molar-refractivity contribution < 1.29 is 9.59 Å². The number of rotatable bonds is 6. The van der Waals surface area contributed by atoms with Crippen LogP contribution in [0.4, 0.5) is 5.69 Å². The van der Waals surface area contributed by atoms with E-state index < -0.39 is 6.04 Å². The maximum absolute atomic E-state index is 13.1. The van der Waals surface area contributed by atoms with Crippen molar-refractivity contribution in [3.05, 3.63) is 59.2 Å². The van der Waals surface area contributed by atoms with Gasteiger partial charge in [-0.3, -0.25) is 9.59 Å². The van der Waals surface area contributed by atoms with Gasteiger partial charge in [0.05, 0.1) is 18.3 Å². The molecule has 1 atom stereocenters. The number of nitrogens with one attached hydrogen (secondary N) is 1. The van der Waals surface area contributed by atoms with Crippen molar-refractivity contribution in [3.8, 4) is 0 Å². The second-order valence-corrected chi connectivity index (χ2v) is 10.1. The molecule has 0 radical (unpaired) electrons. The van der Waals surface area contributed by atoms with Crippen molar-refractivity contribution in [1.82, 2.24) is 5.32 Å². The minimum Gasteiger partial charge on any atom is -0.352 e. The summed E-state index contributed by atoms with van der Waals surface area (Å²) in [6.07, 6.45) is 1.96. The van der Waals surface area contributed by atoms with E-state index in [0.717, 1.165) is 29.0 Å². The van der Waals surface area contributed by atoms with E-state index in [9.17, 15) is 9.59 Å². The second-order valence-electron chi connectivity index (χ2n) is 9.08. The number of unbranched alkanes of at least 4 members (excludes halogenated alkanes) is 1. The molecule has 0 aliphatic carbocycles. The summed E-state index contributed by atoms with van der Waals surface area (Å²) in [4.78, 5) is 28.4. The highest BCUT2D eigenvalue weighted by Crippen LogP contribution is 2.36. The number of carbonyl (C=O) groups is 2. The molecule has 2 amide bonds. The lowest BCUT2D eigenvalue weighted by atomic mass is 9.87. The summed E-state index contributed by atoms with van der Waals surface area (Å²) in [5, 5.41) is 2.95. The number of carbonyl (C=O) groups excluding carboxylic acids is 2. The van der Waals surface area contributed by atoms with Gasteiger partial charge in [-0.25, -0.2) is 0 Å². The molecule has 7 heteroatoms. The zero-order chi connectivity index (χ0) is 22.6. The third kappa shape index (κ3) is 6.27. The summed E-state index contributed by atoms with van der Waals surface area (Å²) >= 11 is 1.56. The minimum atomic E-state index is -0.576. The quantitative estimate of drug-likeness (QED) is 0.582. The van der Waals surface area contributed by atoms with E-state index in [-0.39, 0.29) is 29.6 Å². The molecule has 0 spiro atoms. The van der Waals surface area contributed by atoms with Gasteiger partial charge < -0.3 is 16.0 Å². The zero-order valence-corrected chi connectivity index (χ0v) is 20.9. The Morgan fingerprint density at radius 1 is 1.19 bits per heavy atom. The number of fused-ring (bicyclic) bond motifs is 1. The Labute approximate surface area is 201 Å². The van der Waals surface area contributed by atoms with E-state index in [1.807, 2.05) is 18.2 Å². The van der Waals surface area contributed by atoms with Gasteiger partial charge in [0.1, 0.15) is 0 Å². The molecule has 174 valence electrons. The van der Waals surface area contributed by atoms with E-state index in [1.165, 1.54) is 5.56 Å². The highest BCUT2D eigenvalue weighted by molar-refractivity contribution is 7.99. The second kappa shape index (κ2) is 11.2. The van der Waals surface area contributed by atoms with E-state index in [0.29, 0.717) is 24.4 Å². The third-order valence-electron chi connectivity index (χ3n) is 5.49. The molecule has 0 saturated heterocycles. The first-order valence-corrected chi connectivity index (χ1v) is 11.9. The first-order valence-electron chi connectivity index (χ1n) is 10.9. The van der Waals surface area contributed by atoms with Gasteiger partial charge in [-0.2, -0.15) is 0 Å². The number of halogens is 1. The number of hydrogen-bond acceptors (Lipinski definition) is 4. The molecule has 2 aromatic carbocycles. The first kappa shape index (κ1) is 26.2. The van der Waals surface area contributed by atoms with Gasteiger partial charge in [0.2, 0.25) is 5.91 Å². The molecule has 3 N–H and O–H groups in total. The van der Waals surface area contributed by atoms with E-state index in [1.54, 1.807) is 16.7 Å². The van der Waals surface area contributed by atoms with Crippen LogP contribution in [0.1, 0.15) is 62.0 Å². The number of anilines is 1. The van der Waals surface area contributed by atoms with Crippen LogP contribution in [0.2, 0.25) is 0 Å². The summed E-state index contributed by atoms with van der Waals surface area (Å²) in [6, 6.07) is 13.4. The number of hydrogen-bond donors (Lipinski definition) is 2. The van der Waals surface area contributed by atoms with Gasteiger partial charge in [-0.15, -0.1) is 24.2 Å². The van der Waals surface area contributed by atoms with Crippen molar-refractivity contribution in [2.45, 2.75) is 63.4 Å². The minimum absolute atomic E-state index is 0. The molecule has 0 saturated carbocycles. The molecule has 0 unspecified atom stereocenters. The van der Waals surface area contributed by atoms with Crippen molar-refractivity contribution >= 4 is 41.7 Å². The fraction of sp³-hybridized carbons (Fsp3) is 0.440. The summed E-state index contributed by atoms with van der Waals surface area (Å²) in [6.45, 7) is 9.70. The van der Waals surface area contributed by atoms with Gasteiger partial charge in [0.25, 0.3) is 5.91 Å². The number of amides is 2. The molecule has 3 rings (SSSR count). The number of nitrogens with zero attached hydrogens (tertiary/aromatic N) is 1. The third-order valence-corrected chi connectivity index (χ3v) is 6.67. The van der Waals surface area contributed by atoms with Gasteiger partial charge >= 0.3 is 0 Å². The normalized spacial score (nSPS) is 16.1. The van der Waals surface area contributed by atoms with Crippen molar-refractivity contribution in [3.63, 3.8) is 0 Å².